The topological polar surface area (TPSA) is 80.9 Å². The Morgan fingerprint density at radius 2 is 1.82 bits per heavy atom. The number of carbonyl (C=O) groups is 1. The highest BCUT2D eigenvalue weighted by atomic mass is 16.1. The van der Waals surface area contributed by atoms with E-state index in [1.165, 1.54) is 6.33 Å². The molecule has 0 fully saturated rings. The van der Waals surface area contributed by atoms with E-state index < -0.39 is 5.91 Å². The fourth-order valence-electron chi connectivity index (χ4n) is 1.38. The van der Waals surface area contributed by atoms with Crippen molar-refractivity contribution < 1.29 is 4.79 Å². The van der Waals surface area contributed by atoms with E-state index in [-0.39, 0.29) is 0 Å². The minimum absolute atomic E-state index is 0.423. The van der Waals surface area contributed by atoms with Crippen molar-refractivity contribution in [2.45, 2.75) is 6.54 Å². The number of anilines is 1. The summed E-state index contributed by atoms with van der Waals surface area (Å²) in [6, 6.07) is 6.99. The van der Waals surface area contributed by atoms with Gasteiger partial charge in [-0.1, -0.05) is 0 Å². The van der Waals surface area contributed by atoms with E-state index in [1.54, 1.807) is 24.5 Å². The Morgan fingerprint density at radius 3 is 2.41 bits per heavy atom. The monoisotopic (exact) mass is 228 g/mol. The summed E-state index contributed by atoms with van der Waals surface area (Å²) in [6.07, 6.45) is 4.99. The SMILES string of the molecule is NC(=O)c1ccc(NCc2cncnc2)cc1. The van der Waals surface area contributed by atoms with Gasteiger partial charge in [-0.05, 0) is 24.3 Å². The van der Waals surface area contributed by atoms with Crippen LogP contribution in [0.4, 0.5) is 5.69 Å². The minimum atomic E-state index is -0.423. The highest BCUT2D eigenvalue weighted by Gasteiger charge is 1.99. The van der Waals surface area contributed by atoms with Crippen LogP contribution in [0.1, 0.15) is 15.9 Å². The zero-order valence-corrected chi connectivity index (χ0v) is 9.13. The summed E-state index contributed by atoms with van der Waals surface area (Å²) in [5.41, 5.74) is 7.56. The summed E-state index contributed by atoms with van der Waals surface area (Å²) in [5, 5.41) is 3.19. The molecule has 0 atom stereocenters. The number of aromatic nitrogens is 2. The van der Waals surface area contributed by atoms with E-state index in [9.17, 15) is 4.79 Å². The van der Waals surface area contributed by atoms with Gasteiger partial charge in [0.15, 0.2) is 0 Å². The van der Waals surface area contributed by atoms with Crippen molar-refractivity contribution in [1.29, 1.82) is 0 Å². The predicted molar refractivity (Wildman–Crippen MR) is 64.3 cm³/mol. The number of hydrogen-bond acceptors (Lipinski definition) is 4. The van der Waals surface area contributed by atoms with Gasteiger partial charge in [-0.3, -0.25) is 4.79 Å². The number of benzene rings is 1. The Labute approximate surface area is 98.7 Å². The van der Waals surface area contributed by atoms with E-state index in [1.807, 2.05) is 12.1 Å². The number of nitrogens with two attached hydrogens (primary N) is 1. The van der Waals surface area contributed by atoms with Gasteiger partial charge in [-0.2, -0.15) is 0 Å². The molecule has 5 heteroatoms. The van der Waals surface area contributed by atoms with Gasteiger partial charge < -0.3 is 11.1 Å². The smallest absolute Gasteiger partial charge is 0.248 e. The average molecular weight is 228 g/mol. The van der Waals surface area contributed by atoms with E-state index >= 15 is 0 Å². The van der Waals surface area contributed by atoms with Gasteiger partial charge in [-0.15, -0.1) is 0 Å². The number of nitrogens with zero attached hydrogens (tertiary/aromatic N) is 2. The molecule has 86 valence electrons. The molecule has 3 N–H and O–H groups in total. The lowest BCUT2D eigenvalue weighted by molar-refractivity contribution is 0.100. The average Bonchev–Trinajstić information content (AvgIpc) is 2.38. The van der Waals surface area contributed by atoms with Crippen LogP contribution >= 0.6 is 0 Å². The maximum absolute atomic E-state index is 10.9. The molecule has 0 radical (unpaired) electrons. The third kappa shape index (κ3) is 3.01. The Balaban J connectivity index is 1.98. The Kier molecular flexibility index (Phi) is 3.30. The lowest BCUT2D eigenvalue weighted by Crippen LogP contribution is -2.10. The van der Waals surface area contributed by atoms with Gasteiger partial charge in [-0.25, -0.2) is 9.97 Å². The van der Waals surface area contributed by atoms with E-state index in [4.69, 9.17) is 5.73 Å². The van der Waals surface area contributed by atoms with Crippen LogP contribution in [-0.4, -0.2) is 15.9 Å². The molecule has 0 unspecified atom stereocenters. The molecular formula is C12H12N4O. The molecule has 1 aromatic carbocycles. The number of carbonyl (C=O) groups excluding carboxylic acids is 1. The van der Waals surface area contributed by atoms with E-state index in [2.05, 4.69) is 15.3 Å². The second kappa shape index (κ2) is 5.07. The fraction of sp³-hybridized carbons (Fsp3) is 0.0833. The van der Waals surface area contributed by atoms with Gasteiger partial charge in [0, 0.05) is 35.8 Å². The van der Waals surface area contributed by atoms with Crippen LogP contribution in [0.15, 0.2) is 43.0 Å². The van der Waals surface area contributed by atoms with Crippen molar-refractivity contribution in [1.82, 2.24) is 9.97 Å². The Morgan fingerprint density at radius 1 is 1.18 bits per heavy atom. The van der Waals surface area contributed by atoms with Crippen molar-refractivity contribution in [3.63, 3.8) is 0 Å². The first kappa shape index (κ1) is 11.1. The molecule has 0 bridgehead atoms. The first-order chi connectivity index (χ1) is 8.25. The Hall–Kier alpha value is -2.43. The van der Waals surface area contributed by atoms with Gasteiger partial charge in [0.05, 0.1) is 0 Å². The summed E-state index contributed by atoms with van der Waals surface area (Å²) in [4.78, 5) is 18.7. The third-order valence-corrected chi connectivity index (χ3v) is 2.28. The molecule has 0 spiro atoms. The van der Waals surface area contributed by atoms with Crippen LogP contribution in [0, 0.1) is 0 Å². The van der Waals surface area contributed by atoms with Gasteiger partial charge >= 0.3 is 0 Å². The normalized spacial score (nSPS) is 9.88. The predicted octanol–water partition coefficient (Wildman–Crippen LogP) is 1.19. The number of hydrogen-bond donors (Lipinski definition) is 2. The van der Waals surface area contributed by atoms with Crippen molar-refractivity contribution >= 4 is 11.6 Å². The molecule has 1 amide bonds. The van der Waals surface area contributed by atoms with Crippen LogP contribution in [0.5, 0.6) is 0 Å². The first-order valence-electron chi connectivity index (χ1n) is 5.13. The van der Waals surface area contributed by atoms with E-state index in [0.717, 1.165) is 11.3 Å². The molecule has 1 aromatic heterocycles. The second-order valence-electron chi connectivity index (χ2n) is 3.54. The third-order valence-electron chi connectivity index (χ3n) is 2.28. The highest BCUT2D eigenvalue weighted by Crippen LogP contribution is 2.10. The summed E-state index contributed by atoms with van der Waals surface area (Å²) >= 11 is 0. The van der Waals surface area contributed by atoms with Crippen molar-refractivity contribution in [2.24, 2.45) is 5.73 Å². The Bertz CT molecular complexity index is 496. The van der Waals surface area contributed by atoms with Crippen molar-refractivity contribution in [3.8, 4) is 0 Å². The molecule has 17 heavy (non-hydrogen) atoms. The van der Waals surface area contributed by atoms with Crippen LogP contribution < -0.4 is 11.1 Å². The summed E-state index contributed by atoms with van der Waals surface area (Å²) in [6.45, 7) is 0.636. The zero-order valence-electron chi connectivity index (χ0n) is 9.13. The van der Waals surface area contributed by atoms with Crippen molar-refractivity contribution in [3.05, 3.63) is 54.1 Å². The van der Waals surface area contributed by atoms with Crippen LogP contribution in [0.2, 0.25) is 0 Å². The van der Waals surface area contributed by atoms with Crippen molar-refractivity contribution in [2.75, 3.05) is 5.32 Å². The summed E-state index contributed by atoms with van der Waals surface area (Å²) in [5.74, 6) is -0.423. The molecule has 2 rings (SSSR count). The standard InChI is InChI=1S/C12H12N4O/c13-12(17)10-1-3-11(4-2-10)16-7-9-5-14-8-15-6-9/h1-6,8,16H,7H2,(H2,13,17). The number of nitrogens with one attached hydrogen (secondary N) is 1. The number of amides is 1. The lowest BCUT2D eigenvalue weighted by Gasteiger charge is -2.06. The fourth-order valence-corrected chi connectivity index (χ4v) is 1.38. The maximum atomic E-state index is 10.9. The molecule has 1 heterocycles. The molecule has 2 aromatic rings. The molecule has 5 nitrogen and oxygen atoms in total. The first-order valence-corrected chi connectivity index (χ1v) is 5.13. The molecule has 0 saturated carbocycles. The van der Waals surface area contributed by atoms with Gasteiger partial charge in [0.25, 0.3) is 0 Å². The van der Waals surface area contributed by atoms with Gasteiger partial charge in [0.1, 0.15) is 6.33 Å². The molecule has 0 aliphatic carbocycles. The molecule has 0 aliphatic heterocycles. The van der Waals surface area contributed by atoms with Crippen LogP contribution in [-0.2, 0) is 6.54 Å². The number of rotatable bonds is 4. The summed E-state index contributed by atoms with van der Waals surface area (Å²) in [7, 11) is 0. The largest absolute Gasteiger partial charge is 0.381 e. The maximum Gasteiger partial charge on any atom is 0.248 e. The highest BCUT2D eigenvalue weighted by molar-refractivity contribution is 5.93. The molecular weight excluding hydrogens is 216 g/mol. The summed E-state index contributed by atoms with van der Waals surface area (Å²) < 4.78 is 0. The number of primary amides is 1. The van der Waals surface area contributed by atoms with Crippen LogP contribution in [0.3, 0.4) is 0 Å². The molecule has 0 aliphatic rings. The minimum Gasteiger partial charge on any atom is -0.381 e. The quantitative estimate of drug-likeness (QED) is 0.823. The zero-order chi connectivity index (χ0) is 12.1. The lowest BCUT2D eigenvalue weighted by atomic mass is 10.2. The van der Waals surface area contributed by atoms with Crippen LogP contribution in [0.25, 0.3) is 0 Å². The molecule has 0 saturated heterocycles. The van der Waals surface area contributed by atoms with E-state index in [0.29, 0.717) is 12.1 Å². The second-order valence-corrected chi connectivity index (χ2v) is 3.54. The van der Waals surface area contributed by atoms with Gasteiger partial charge in [0.2, 0.25) is 5.91 Å².